The summed E-state index contributed by atoms with van der Waals surface area (Å²) in [6, 6.07) is -1.19. The van der Waals surface area contributed by atoms with Gasteiger partial charge in [-0.15, -0.1) is 0 Å². The fraction of sp³-hybridized carbons (Fsp3) is 0.583. The Labute approximate surface area is 133 Å². The Morgan fingerprint density at radius 2 is 1.95 bits per heavy atom. The summed E-state index contributed by atoms with van der Waals surface area (Å²) in [6.45, 7) is -1.10. The zero-order valence-corrected chi connectivity index (χ0v) is 13.0. The first-order chi connectivity index (χ1) is 10.4. The van der Waals surface area contributed by atoms with Gasteiger partial charge in [-0.25, -0.2) is 0 Å². The number of hydrogen-bond acceptors (Lipinski definition) is 8. The largest absolute Gasteiger partial charge is 0.480 e. The molecule has 0 aliphatic rings. The highest BCUT2D eigenvalue weighted by Gasteiger charge is 2.20. The van der Waals surface area contributed by atoms with Crippen LogP contribution < -0.4 is 11.1 Å². The number of carboxylic acid groups (broad SMARTS) is 1. The van der Waals surface area contributed by atoms with Crippen molar-refractivity contribution in [3.05, 3.63) is 12.2 Å². The molecule has 0 aromatic heterocycles. The average Bonchev–Trinajstić information content (AvgIpc) is 2.51. The highest BCUT2D eigenvalue weighted by atomic mass is 32.1. The van der Waals surface area contributed by atoms with Gasteiger partial charge in [0.2, 0.25) is 5.91 Å². The van der Waals surface area contributed by atoms with Gasteiger partial charge in [-0.2, -0.15) is 12.6 Å². The third-order valence-corrected chi connectivity index (χ3v) is 2.26. The molecule has 2 atom stereocenters. The van der Waals surface area contributed by atoms with Gasteiger partial charge in [-0.1, -0.05) is 6.08 Å². The van der Waals surface area contributed by atoms with Crippen molar-refractivity contribution < 1.29 is 34.4 Å². The lowest BCUT2D eigenvalue weighted by Gasteiger charge is -2.16. The number of amides is 1. The normalized spacial score (nSPS) is 12.8. The SMILES string of the molecule is CO.NC(CO)C(=O)OC(/C=C/CS)CC(=O)NCC(=O)O. The molecule has 0 radical (unpaired) electrons. The summed E-state index contributed by atoms with van der Waals surface area (Å²) in [5, 5.41) is 26.3. The van der Waals surface area contributed by atoms with Gasteiger partial charge in [0.25, 0.3) is 0 Å². The van der Waals surface area contributed by atoms with E-state index in [0.717, 1.165) is 7.11 Å². The van der Waals surface area contributed by atoms with E-state index in [9.17, 15) is 14.4 Å². The molecule has 0 saturated heterocycles. The Morgan fingerprint density at radius 3 is 2.41 bits per heavy atom. The van der Waals surface area contributed by atoms with Gasteiger partial charge in [0.15, 0.2) is 0 Å². The summed E-state index contributed by atoms with van der Waals surface area (Å²) in [6.07, 6.45) is 1.85. The molecule has 0 aromatic rings. The summed E-state index contributed by atoms with van der Waals surface area (Å²) < 4.78 is 4.93. The number of carbonyl (C=O) groups excluding carboxylic acids is 2. The average molecular weight is 338 g/mol. The first kappa shape index (κ1) is 22.7. The van der Waals surface area contributed by atoms with E-state index in [-0.39, 0.29) is 6.42 Å². The molecule has 22 heavy (non-hydrogen) atoms. The van der Waals surface area contributed by atoms with Crippen LogP contribution in [0.3, 0.4) is 0 Å². The van der Waals surface area contributed by atoms with Gasteiger partial charge in [0, 0.05) is 12.9 Å². The van der Waals surface area contributed by atoms with Crippen LogP contribution in [0, 0.1) is 0 Å². The Kier molecular flexibility index (Phi) is 14.8. The minimum Gasteiger partial charge on any atom is -0.480 e. The first-order valence-electron chi connectivity index (χ1n) is 6.18. The molecule has 0 aliphatic carbocycles. The number of nitrogens with one attached hydrogen (secondary N) is 1. The standard InChI is InChI=1S/C11H18N2O6S.CH4O/c12-8(6-14)11(18)19-7(2-1-3-20)4-9(15)13-5-10(16)17;1-2/h1-2,7-8,14,20H,3-6,12H2,(H,13,15)(H,16,17);2H,1H3/b2-1+;. The number of carboxylic acids is 1. The molecule has 9 nitrogen and oxygen atoms in total. The summed E-state index contributed by atoms with van der Waals surface area (Å²) in [5.41, 5.74) is 5.28. The maximum atomic E-state index is 11.4. The number of nitrogens with two attached hydrogens (primary N) is 1. The second-order valence-electron chi connectivity index (χ2n) is 3.75. The molecule has 0 saturated carbocycles. The quantitative estimate of drug-likeness (QED) is 0.158. The number of thiol groups is 1. The lowest BCUT2D eigenvalue weighted by Crippen LogP contribution is -2.39. The highest BCUT2D eigenvalue weighted by molar-refractivity contribution is 7.80. The van der Waals surface area contributed by atoms with Gasteiger partial charge in [0.05, 0.1) is 13.0 Å². The van der Waals surface area contributed by atoms with E-state index in [4.69, 9.17) is 25.8 Å². The molecule has 0 spiro atoms. The van der Waals surface area contributed by atoms with E-state index >= 15 is 0 Å². The lowest BCUT2D eigenvalue weighted by atomic mass is 10.2. The summed E-state index contributed by atoms with van der Waals surface area (Å²) in [7, 11) is 1.00. The van der Waals surface area contributed by atoms with Crippen molar-refractivity contribution in [2.45, 2.75) is 18.6 Å². The molecule has 128 valence electrons. The number of hydrogen-bond donors (Lipinski definition) is 6. The fourth-order valence-electron chi connectivity index (χ4n) is 1.10. The summed E-state index contributed by atoms with van der Waals surface area (Å²) in [4.78, 5) is 33.2. The van der Waals surface area contributed by atoms with Crippen molar-refractivity contribution in [1.29, 1.82) is 0 Å². The zero-order valence-electron chi connectivity index (χ0n) is 12.1. The Morgan fingerprint density at radius 1 is 1.36 bits per heavy atom. The molecule has 0 fully saturated rings. The Balaban J connectivity index is 0. The van der Waals surface area contributed by atoms with Crippen molar-refractivity contribution >= 4 is 30.5 Å². The smallest absolute Gasteiger partial charge is 0.325 e. The molecule has 0 aromatic carbocycles. The molecular weight excluding hydrogens is 316 g/mol. The third kappa shape index (κ3) is 12.1. The van der Waals surface area contributed by atoms with E-state index in [1.807, 2.05) is 0 Å². The second-order valence-corrected chi connectivity index (χ2v) is 4.11. The molecule has 0 aliphatic heterocycles. The Hall–Kier alpha value is -1.62. The van der Waals surface area contributed by atoms with Crippen molar-refractivity contribution in [2.24, 2.45) is 5.73 Å². The van der Waals surface area contributed by atoms with Crippen molar-refractivity contribution in [1.82, 2.24) is 5.32 Å². The van der Waals surface area contributed by atoms with Gasteiger partial charge in [-0.3, -0.25) is 14.4 Å². The number of rotatable bonds is 9. The number of carbonyl (C=O) groups is 3. The van der Waals surface area contributed by atoms with Crippen molar-refractivity contribution in [2.75, 3.05) is 26.0 Å². The fourth-order valence-corrected chi connectivity index (χ4v) is 1.22. The number of esters is 1. The molecule has 1 amide bonds. The van der Waals surface area contributed by atoms with E-state index in [2.05, 4.69) is 17.9 Å². The van der Waals surface area contributed by atoms with Gasteiger partial charge < -0.3 is 31.1 Å². The molecule has 0 rings (SSSR count). The maximum Gasteiger partial charge on any atom is 0.325 e. The summed E-state index contributed by atoms with van der Waals surface area (Å²) >= 11 is 3.93. The van der Waals surface area contributed by atoms with Crippen molar-refractivity contribution in [3.63, 3.8) is 0 Å². The van der Waals surface area contributed by atoms with Crippen LogP contribution in [-0.4, -0.2) is 71.3 Å². The molecular formula is C12H22N2O7S. The monoisotopic (exact) mass is 338 g/mol. The van der Waals surface area contributed by atoms with Crippen LogP contribution in [0.5, 0.6) is 0 Å². The molecule has 0 heterocycles. The van der Waals surface area contributed by atoms with Crippen LogP contribution >= 0.6 is 12.6 Å². The number of aliphatic hydroxyl groups is 2. The van der Waals surface area contributed by atoms with E-state index in [0.29, 0.717) is 5.75 Å². The predicted molar refractivity (Wildman–Crippen MR) is 81.3 cm³/mol. The topological polar surface area (TPSA) is 159 Å². The lowest BCUT2D eigenvalue weighted by molar-refractivity contribution is -0.150. The number of aliphatic carboxylic acids is 1. The van der Waals surface area contributed by atoms with E-state index in [1.165, 1.54) is 6.08 Å². The van der Waals surface area contributed by atoms with E-state index < -0.39 is 43.1 Å². The first-order valence-corrected chi connectivity index (χ1v) is 6.81. The molecule has 6 N–H and O–H groups in total. The number of ether oxygens (including phenoxy) is 1. The minimum atomic E-state index is -1.19. The zero-order chi connectivity index (χ0) is 17.5. The van der Waals surface area contributed by atoms with Crippen LogP contribution in [0.1, 0.15) is 6.42 Å². The minimum absolute atomic E-state index is 0.249. The molecule has 10 heteroatoms. The molecule has 0 bridgehead atoms. The van der Waals surface area contributed by atoms with Crippen molar-refractivity contribution in [3.8, 4) is 0 Å². The third-order valence-electron chi connectivity index (χ3n) is 2.05. The number of aliphatic hydroxyl groups excluding tert-OH is 2. The summed E-state index contributed by atoms with van der Waals surface area (Å²) in [5.74, 6) is -2.25. The second kappa shape index (κ2) is 14.3. The predicted octanol–water partition coefficient (Wildman–Crippen LogP) is -2.10. The Bertz CT molecular complexity index is 376. The highest BCUT2D eigenvalue weighted by Crippen LogP contribution is 2.03. The van der Waals surface area contributed by atoms with Crippen LogP contribution in [0.4, 0.5) is 0 Å². The van der Waals surface area contributed by atoms with Crippen LogP contribution in [0.15, 0.2) is 12.2 Å². The van der Waals surface area contributed by atoms with Gasteiger partial charge in [0.1, 0.15) is 18.7 Å². The molecule has 2 unspecified atom stereocenters. The van der Waals surface area contributed by atoms with Gasteiger partial charge >= 0.3 is 11.9 Å². The van der Waals surface area contributed by atoms with Crippen LogP contribution in [-0.2, 0) is 19.1 Å². The van der Waals surface area contributed by atoms with E-state index in [1.54, 1.807) is 6.08 Å². The van der Waals surface area contributed by atoms with Gasteiger partial charge in [-0.05, 0) is 6.08 Å². The van der Waals surface area contributed by atoms with Crippen LogP contribution in [0.25, 0.3) is 0 Å². The maximum absolute atomic E-state index is 11.4. The van der Waals surface area contributed by atoms with Crippen LogP contribution in [0.2, 0.25) is 0 Å².